The average Bonchev–Trinajstić information content (AvgIpc) is 3.21. The second-order valence-corrected chi connectivity index (χ2v) is 10.9. The molecule has 1 N–H and O–H groups in total. The number of ether oxygens (including phenoxy) is 2. The summed E-state index contributed by atoms with van der Waals surface area (Å²) >= 11 is 0. The Morgan fingerprint density at radius 3 is 2.32 bits per heavy atom. The largest absolute Gasteiger partial charge is 0.480 e. The highest BCUT2D eigenvalue weighted by Gasteiger charge is 2.36. The van der Waals surface area contributed by atoms with Gasteiger partial charge in [0.15, 0.2) is 11.9 Å². The molecule has 0 saturated carbocycles. The predicted molar refractivity (Wildman–Crippen MR) is 148 cm³/mol. The van der Waals surface area contributed by atoms with Crippen LogP contribution in [0.1, 0.15) is 49.3 Å². The summed E-state index contributed by atoms with van der Waals surface area (Å²) in [5, 5.41) is 20.1. The van der Waals surface area contributed by atoms with Gasteiger partial charge >= 0.3 is 5.97 Å². The lowest BCUT2D eigenvalue weighted by Gasteiger charge is -2.35. The van der Waals surface area contributed by atoms with Gasteiger partial charge in [-0.05, 0) is 70.4 Å². The molecule has 0 saturated heterocycles. The topological polar surface area (TPSA) is 89.7 Å². The molecule has 0 fully saturated rings. The third-order valence-electron chi connectivity index (χ3n) is 7.05. The lowest BCUT2D eigenvalue weighted by Crippen LogP contribution is -2.31. The Morgan fingerprint density at radius 2 is 1.74 bits per heavy atom. The molecule has 1 aliphatic rings. The van der Waals surface area contributed by atoms with E-state index in [1.807, 2.05) is 40.7 Å². The number of hydrogen-bond donors (Lipinski definition) is 1. The smallest absolute Gasteiger partial charge is 0.337 e. The van der Waals surface area contributed by atoms with Gasteiger partial charge in [-0.25, -0.2) is 4.79 Å². The van der Waals surface area contributed by atoms with Crippen molar-refractivity contribution in [3.8, 4) is 17.0 Å². The minimum absolute atomic E-state index is 0.437. The molecule has 1 atom stereocenters. The standard InChI is InChI=1S/C30H34N4O4/c1-17-8-10-20(11-9-17)25-21-16-18(2)33-14-15-34(22-12-13-23(37-7)32-31-22)26(27(21)33)19(3)24(25)28(29(35)36)38-30(4,5)6/h8-13,16,28H,14-15H2,1-7H3,(H,35,36)/t28-/m0/s1. The summed E-state index contributed by atoms with van der Waals surface area (Å²) in [6, 6.07) is 14.1. The number of benzene rings is 2. The Kier molecular flexibility index (Phi) is 6.39. The van der Waals surface area contributed by atoms with Crippen molar-refractivity contribution in [1.29, 1.82) is 0 Å². The fraction of sp³-hybridized carbons (Fsp3) is 0.367. The van der Waals surface area contributed by atoms with E-state index in [-0.39, 0.29) is 0 Å². The van der Waals surface area contributed by atoms with Gasteiger partial charge in [0, 0.05) is 35.8 Å². The summed E-state index contributed by atoms with van der Waals surface area (Å²) in [5.41, 5.74) is 6.93. The maximum absolute atomic E-state index is 12.8. The summed E-state index contributed by atoms with van der Waals surface area (Å²) in [5.74, 6) is 0.0930. The van der Waals surface area contributed by atoms with E-state index in [1.54, 1.807) is 13.2 Å². The van der Waals surface area contributed by atoms with Crippen molar-refractivity contribution in [1.82, 2.24) is 14.8 Å². The molecule has 1 aliphatic heterocycles. The van der Waals surface area contributed by atoms with Crippen molar-refractivity contribution in [2.24, 2.45) is 0 Å². The first-order valence-corrected chi connectivity index (χ1v) is 12.8. The molecule has 0 amide bonds. The molecule has 198 valence electrons. The summed E-state index contributed by atoms with van der Waals surface area (Å²) < 4.78 is 13.8. The number of anilines is 2. The van der Waals surface area contributed by atoms with Crippen LogP contribution in [0.15, 0.2) is 42.5 Å². The van der Waals surface area contributed by atoms with Gasteiger partial charge in [0.25, 0.3) is 0 Å². The monoisotopic (exact) mass is 514 g/mol. The molecule has 4 aromatic rings. The first-order chi connectivity index (χ1) is 18.0. The molecule has 8 nitrogen and oxygen atoms in total. The van der Waals surface area contributed by atoms with E-state index in [4.69, 9.17) is 9.47 Å². The van der Waals surface area contributed by atoms with Crippen molar-refractivity contribution < 1.29 is 19.4 Å². The van der Waals surface area contributed by atoms with Crippen molar-refractivity contribution in [2.45, 2.75) is 59.8 Å². The molecule has 38 heavy (non-hydrogen) atoms. The molecule has 3 heterocycles. The van der Waals surface area contributed by atoms with E-state index in [2.05, 4.69) is 56.9 Å². The number of nitrogens with zero attached hydrogens (tertiary/aromatic N) is 4. The molecule has 8 heteroatoms. The van der Waals surface area contributed by atoms with Gasteiger partial charge < -0.3 is 24.0 Å². The summed E-state index contributed by atoms with van der Waals surface area (Å²) in [7, 11) is 1.56. The van der Waals surface area contributed by atoms with E-state index in [1.165, 1.54) is 0 Å². The van der Waals surface area contributed by atoms with Gasteiger partial charge in [0.1, 0.15) is 0 Å². The second kappa shape index (κ2) is 9.44. The van der Waals surface area contributed by atoms with Gasteiger partial charge in [0.2, 0.25) is 5.88 Å². The van der Waals surface area contributed by atoms with Gasteiger partial charge in [-0.1, -0.05) is 29.8 Å². The highest BCUT2D eigenvalue weighted by Crippen LogP contribution is 2.49. The average molecular weight is 515 g/mol. The summed E-state index contributed by atoms with van der Waals surface area (Å²) in [6.07, 6.45) is -1.17. The third-order valence-corrected chi connectivity index (χ3v) is 7.05. The van der Waals surface area contributed by atoms with Crippen LogP contribution in [0.3, 0.4) is 0 Å². The highest BCUT2D eigenvalue weighted by atomic mass is 16.5. The Hall–Kier alpha value is -3.91. The number of aliphatic carboxylic acids is 1. The van der Waals surface area contributed by atoms with Gasteiger partial charge in [-0.15, -0.1) is 10.2 Å². The SMILES string of the molecule is COc1ccc(N2CCn3c(C)cc4c(-c5ccc(C)cc5)c([C@H](OC(C)(C)C)C(=O)O)c(C)c2c43)nn1. The zero-order valence-corrected chi connectivity index (χ0v) is 23.0. The number of rotatable bonds is 6. The van der Waals surface area contributed by atoms with Crippen molar-refractivity contribution in [3.63, 3.8) is 0 Å². The zero-order chi connectivity index (χ0) is 27.4. The minimum Gasteiger partial charge on any atom is -0.480 e. The quantitative estimate of drug-likeness (QED) is 0.331. The maximum Gasteiger partial charge on any atom is 0.337 e. The molecular formula is C30H34N4O4. The summed E-state index contributed by atoms with van der Waals surface area (Å²) in [6.45, 7) is 13.2. The Bertz CT molecular complexity index is 1520. The lowest BCUT2D eigenvalue weighted by atomic mass is 9.87. The van der Waals surface area contributed by atoms with Gasteiger partial charge in [0.05, 0.1) is 23.9 Å². The van der Waals surface area contributed by atoms with Crippen LogP contribution in [0.25, 0.3) is 22.0 Å². The highest BCUT2D eigenvalue weighted by molar-refractivity contribution is 6.08. The fourth-order valence-corrected chi connectivity index (χ4v) is 5.43. The lowest BCUT2D eigenvalue weighted by molar-refractivity contribution is -0.160. The molecule has 2 aromatic carbocycles. The number of methoxy groups -OCH3 is 1. The molecule has 2 aromatic heterocycles. The van der Waals surface area contributed by atoms with E-state index in [9.17, 15) is 9.90 Å². The first-order valence-electron chi connectivity index (χ1n) is 12.8. The van der Waals surface area contributed by atoms with E-state index in [0.717, 1.165) is 51.1 Å². The van der Waals surface area contributed by atoms with Crippen molar-refractivity contribution >= 4 is 28.4 Å². The van der Waals surface area contributed by atoms with Crippen LogP contribution in [-0.2, 0) is 16.1 Å². The van der Waals surface area contributed by atoms with Crippen LogP contribution < -0.4 is 9.64 Å². The molecule has 0 radical (unpaired) electrons. The fourth-order valence-electron chi connectivity index (χ4n) is 5.43. The Balaban J connectivity index is 1.88. The van der Waals surface area contributed by atoms with Crippen LogP contribution in [0, 0.1) is 20.8 Å². The molecular weight excluding hydrogens is 480 g/mol. The number of aromatic nitrogens is 3. The first kappa shape index (κ1) is 25.7. The molecule has 5 rings (SSSR count). The second-order valence-electron chi connectivity index (χ2n) is 10.9. The molecule has 0 unspecified atom stereocenters. The number of carboxylic acid groups (broad SMARTS) is 1. The van der Waals surface area contributed by atoms with Crippen LogP contribution >= 0.6 is 0 Å². The number of hydrogen-bond acceptors (Lipinski definition) is 6. The van der Waals surface area contributed by atoms with Gasteiger partial charge in [-0.2, -0.15) is 0 Å². The molecule has 0 bridgehead atoms. The predicted octanol–water partition coefficient (Wildman–Crippen LogP) is 6.12. The number of aryl methyl sites for hydroxylation is 2. The minimum atomic E-state index is -1.17. The van der Waals surface area contributed by atoms with Crippen LogP contribution in [0.4, 0.5) is 11.5 Å². The van der Waals surface area contributed by atoms with E-state index in [0.29, 0.717) is 23.8 Å². The third kappa shape index (κ3) is 4.39. The molecule has 0 aliphatic carbocycles. The molecule has 0 spiro atoms. The number of carbonyl (C=O) groups is 1. The van der Waals surface area contributed by atoms with E-state index >= 15 is 0 Å². The Morgan fingerprint density at radius 1 is 1.03 bits per heavy atom. The van der Waals surface area contributed by atoms with Crippen LogP contribution in [-0.4, -0.2) is 45.1 Å². The summed E-state index contributed by atoms with van der Waals surface area (Å²) in [4.78, 5) is 15.0. The van der Waals surface area contributed by atoms with Crippen molar-refractivity contribution in [2.75, 3.05) is 18.6 Å². The van der Waals surface area contributed by atoms with Crippen LogP contribution in [0.5, 0.6) is 5.88 Å². The van der Waals surface area contributed by atoms with Crippen LogP contribution in [0.2, 0.25) is 0 Å². The Labute approximate surface area is 222 Å². The van der Waals surface area contributed by atoms with Crippen molar-refractivity contribution in [3.05, 3.63) is 64.8 Å². The number of carboxylic acids is 1. The normalized spacial score (nSPS) is 14.1. The van der Waals surface area contributed by atoms with Gasteiger partial charge in [-0.3, -0.25) is 0 Å². The zero-order valence-electron chi connectivity index (χ0n) is 23.0. The maximum atomic E-state index is 12.8. The van der Waals surface area contributed by atoms with E-state index < -0.39 is 17.7 Å².